The van der Waals surface area contributed by atoms with Gasteiger partial charge in [0.25, 0.3) is 5.56 Å². The Hall–Kier alpha value is -2.50. The minimum Gasteiger partial charge on any atom is -0.351 e. The predicted octanol–water partition coefficient (Wildman–Crippen LogP) is 2.74. The van der Waals surface area contributed by atoms with Gasteiger partial charge in [0.2, 0.25) is 5.91 Å². The lowest BCUT2D eigenvalue weighted by molar-refractivity contribution is -0.123. The molecule has 1 saturated carbocycles. The molecule has 0 unspecified atom stereocenters. The van der Waals surface area contributed by atoms with Gasteiger partial charge in [0, 0.05) is 17.7 Å². The summed E-state index contributed by atoms with van der Waals surface area (Å²) in [5, 5.41) is 7.16. The number of halogens is 1. The monoisotopic (exact) mass is 343 g/mol. The van der Waals surface area contributed by atoms with E-state index in [2.05, 4.69) is 17.3 Å². The molecule has 1 amide bonds. The molecule has 1 fully saturated rings. The van der Waals surface area contributed by atoms with E-state index in [1.807, 2.05) is 0 Å². The number of nitrogens with one attached hydrogen (secondary N) is 1. The molecule has 6 heteroatoms. The van der Waals surface area contributed by atoms with Crippen LogP contribution in [0.2, 0.25) is 0 Å². The summed E-state index contributed by atoms with van der Waals surface area (Å²) in [5.74, 6) is -0.216. The number of carbonyl (C=O) groups is 1. The second-order valence-corrected chi connectivity index (χ2v) is 6.63. The van der Waals surface area contributed by atoms with Gasteiger partial charge in [-0.05, 0) is 37.0 Å². The fraction of sp³-hybridized carbons (Fsp3) is 0.421. The Morgan fingerprint density at radius 3 is 2.76 bits per heavy atom. The summed E-state index contributed by atoms with van der Waals surface area (Å²) in [6.45, 7) is 1.97. The van der Waals surface area contributed by atoms with Crippen LogP contribution in [0.5, 0.6) is 0 Å². The van der Waals surface area contributed by atoms with E-state index in [1.165, 1.54) is 24.6 Å². The van der Waals surface area contributed by atoms with Crippen molar-refractivity contribution in [2.24, 2.45) is 5.92 Å². The lowest BCUT2D eigenvalue weighted by Gasteiger charge is -2.29. The molecule has 2 aromatic rings. The maximum Gasteiger partial charge on any atom is 0.267 e. The van der Waals surface area contributed by atoms with E-state index in [4.69, 9.17) is 0 Å². The van der Waals surface area contributed by atoms with E-state index in [9.17, 15) is 14.0 Å². The molecule has 5 nitrogen and oxygen atoms in total. The molecule has 1 aromatic heterocycles. The maximum atomic E-state index is 13.9. The van der Waals surface area contributed by atoms with Gasteiger partial charge in [-0.3, -0.25) is 9.59 Å². The third-order valence-corrected chi connectivity index (χ3v) is 4.77. The average molecular weight is 343 g/mol. The molecule has 132 valence electrons. The van der Waals surface area contributed by atoms with Crippen molar-refractivity contribution in [3.63, 3.8) is 0 Å². The zero-order chi connectivity index (χ0) is 17.8. The number of amides is 1. The second kappa shape index (κ2) is 7.59. The lowest BCUT2D eigenvalue weighted by Crippen LogP contribution is -2.43. The summed E-state index contributed by atoms with van der Waals surface area (Å²) >= 11 is 0. The van der Waals surface area contributed by atoms with E-state index >= 15 is 0 Å². The molecule has 0 bridgehead atoms. The van der Waals surface area contributed by atoms with Crippen molar-refractivity contribution < 1.29 is 9.18 Å². The first-order chi connectivity index (χ1) is 12.0. The smallest absolute Gasteiger partial charge is 0.267 e. The van der Waals surface area contributed by atoms with E-state index in [0.717, 1.165) is 23.9 Å². The van der Waals surface area contributed by atoms with Gasteiger partial charge in [0.05, 0.1) is 5.69 Å². The van der Waals surface area contributed by atoms with E-state index in [0.29, 0.717) is 17.2 Å². The van der Waals surface area contributed by atoms with Crippen LogP contribution in [0, 0.1) is 11.7 Å². The number of hydrogen-bond acceptors (Lipinski definition) is 3. The molecule has 1 aromatic carbocycles. The Morgan fingerprint density at radius 1 is 1.24 bits per heavy atom. The van der Waals surface area contributed by atoms with Crippen LogP contribution in [0.3, 0.4) is 0 Å². The van der Waals surface area contributed by atoms with Crippen LogP contribution in [-0.4, -0.2) is 21.7 Å². The van der Waals surface area contributed by atoms with Crippen LogP contribution in [0.15, 0.2) is 41.2 Å². The van der Waals surface area contributed by atoms with Gasteiger partial charge in [0.1, 0.15) is 12.4 Å². The van der Waals surface area contributed by atoms with Gasteiger partial charge in [0.15, 0.2) is 0 Å². The summed E-state index contributed by atoms with van der Waals surface area (Å²) in [6.07, 6.45) is 4.37. The summed E-state index contributed by atoms with van der Waals surface area (Å²) in [6, 6.07) is 9.15. The highest BCUT2D eigenvalue weighted by Gasteiger charge is 2.23. The first-order valence-corrected chi connectivity index (χ1v) is 8.67. The fourth-order valence-corrected chi connectivity index (χ4v) is 3.29. The molecule has 1 aliphatic rings. The molecule has 3 rings (SSSR count). The first-order valence-electron chi connectivity index (χ1n) is 8.67. The summed E-state index contributed by atoms with van der Waals surface area (Å²) in [7, 11) is 0. The molecule has 0 spiro atoms. The minimum absolute atomic E-state index is 0.145. The van der Waals surface area contributed by atoms with E-state index < -0.39 is 5.82 Å². The van der Waals surface area contributed by atoms with Crippen molar-refractivity contribution in [2.75, 3.05) is 0 Å². The standard InChI is InChI=1S/C19H22FN3O2/c1-13-6-2-5-9-16(13)21-18(24)12-23-19(25)11-10-17(22-23)14-7-3-4-8-15(14)20/h3-4,7-8,10-11,13,16H,2,5-6,9,12H2,1H3,(H,21,24)/t13-,16+/m1/s1. The Balaban J connectivity index is 1.76. The molecular weight excluding hydrogens is 321 g/mol. The Labute approximate surface area is 145 Å². The largest absolute Gasteiger partial charge is 0.351 e. The lowest BCUT2D eigenvalue weighted by atomic mass is 9.86. The van der Waals surface area contributed by atoms with Gasteiger partial charge in [-0.2, -0.15) is 5.10 Å². The predicted molar refractivity (Wildman–Crippen MR) is 93.5 cm³/mol. The number of carbonyl (C=O) groups excluding carboxylic acids is 1. The molecule has 0 radical (unpaired) electrons. The van der Waals surface area contributed by atoms with Gasteiger partial charge in [-0.1, -0.05) is 31.9 Å². The van der Waals surface area contributed by atoms with Gasteiger partial charge < -0.3 is 5.32 Å². The zero-order valence-corrected chi connectivity index (χ0v) is 14.2. The molecular formula is C19H22FN3O2. The Kier molecular flexibility index (Phi) is 5.26. The zero-order valence-electron chi connectivity index (χ0n) is 14.2. The van der Waals surface area contributed by atoms with Gasteiger partial charge in [-0.25, -0.2) is 9.07 Å². The van der Waals surface area contributed by atoms with Gasteiger partial charge >= 0.3 is 0 Å². The third-order valence-electron chi connectivity index (χ3n) is 4.77. The van der Waals surface area contributed by atoms with Crippen LogP contribution in [-0.2, 0) is 11.3 Å². The third kappa shape index (κ3) is 4.13. The van der Waals surface area contributed by atoms with Crippen molar-refractivity contribution in [1.29, 1.82) is 0 Å². The quantitative estimate of drug-likeness (QED) is 0.928. The van der Waals surface area contributed by atoms with Crippen LogP contribution < -0.4 is 10.9 Å². The number of nitrogens with zero attached hydrogens (tertiary/aromatic N) is 2. The van der Waals surface area contributed by atoms with Crippen molar-refractivity contribution >= 4 is 5.91 Å². The minimum atomic E-state index is -0.416. The highest BCUT2D eigenvalue weighted by molar-refractivity contribution is 5.76. The van der Waals surface area contributed by atoms with Gasteiger partial charge in [-0.15, -0.1) is 0 Å². The van der Waals surface area contributed by atoms with Crippen molar-refractivity contribution in [3.8, 4) is 11.3 Å². The van der Waals surface area contributed by atoms with Crippen molar-refractivity contribution in [3.05, 3.63) is 52.6 Å². The van der Waals surface area contributed by atoms with Crippen LogP contribution in [0.25, 0.3) is 11.3 Å². The fourth-order valence-electron chi connectivity index (χ4n) is 3.29. The molecule has 0 aliphatic heterocycles. The SMILES string of the molecule is C[C@@H]1CCCC[C@@H]1NC(=O)Cn1nc(-c2ccccc2F)ccc1=O. The molecule has 1 aliphatic carbocycles. The Morgan fingerprint density at radius 2 is 2.00 bits per heavy atom. The number of hydrogen-bond donors (Lipinski definition) is 1. The number of rotatable bonds is 4. The van der Waals surface area contributed by atoms with Crippen LogP contribution in [0.1, 0.15) is 32.6 Å². The van der Waals surface area contributed by atoms with E-state index in [-0.39, 0.29) is 24.1 Å². The average Bonchev–Trinajstić information content (AvgIpc) is 2.59. The summed E-state index contributed by atoms with van der Waals surface area (Å²) in [5.41, 5.74) is 0.251. The number of aromatic nitrogens is 2. The van der Waals surface area contributed by atoms with Crippen molar-refractivity contribution in [1.82, 2.24) is 15.1 Å². The number of benzene rings is 1. The Bertz CT molecular complexity index is 818. The molecule has 1 heterocycles. The topological polar surface area (TPSA) is 64.0 Å². The van der Waals surface area contributed by atoms with Crippen LogP contribution >= 0.6 is 0 Å². The van der Waals surface area contributed by atoms with E-state index in [1.54, 1.807) is 18.2 Å². The molecule has 2 atom stereocenters. The normalized spacial score (nSPS) is 20.2. The maximum absolute atomic E-state index is 13.9. The highest BCUT2D eigenvalue weighted by Crippen LogP contribution is 2.23. The molecule has 0 saturated heterocycles. The molecule has 25 heavy (non-hydrogen) atoms. The second-order valence-electron chi connectivity index (χ2n) is 6.63. The van der Waals surface area contributed by atoms with Crippen LogP contribution in [0.4, 0.5) is 4.39 Å². The first kappa shape index (κ1) is 17.3. The summed E-state index contributed by atoms with van der Waals surface area (Å²) in [4.78, 5) is 24.3. The molecule has 1 N–H and O–H groups in total. The van der Waals surface area contributed by atoms with Crippen molar-refractivity contribution in [2.45, 2.75) is 45.2 Å². The summed E-state index contributed by atoms with van der Waals surface area (Å²) < 4.78 is 15.0. The highest BCUT2D eigenvalue weighted by atomic mass is 19.1.